The standard InChI is InChI=1S/C11H20N2O4S/c14-11(15)8-12-3-1-4-13(6-5-12)10-2-7-18(16,17)9-10/h10H,1-9H2,(H,14,15). The molecule has 2 aliphatic rings. The molecule has 1 atom stereocenters. The molecule has 0 amide bonds. The van der Waals surface area contributed by atoms with Crippen molar-refractivity contribution in [3.05, 3.63) is 0 Å². The fraction of sp³-hybridized carbons (Fsp3) is 0.909. The highest BCUT2D eigenvalue weighted by molar-refractivity contribution is 7.91. The van der Waals surface area contributed by atoms with Crippen LogP contribution in [0, 0.1) is 0 Å². The molecule has 0 aromatic heterocycles. The first-order valence-corrected chi connectivity index (χ1v) is 8.17. The zero-order chi connectivity index (χ0) is 13.2. The summed E-state index contributed by atoms with van der Waals surface area (Å²) in [6.45, 7) is 3.21. The first-order chi connectivity index (χ1) is 8.46. The molecule has 0 aliphatic carbocycles. The molecular weight excluding hydrogens is 256 g/mol. The number of sulfone groups is 1. The van der Waals surface area contributed by atoms with Crippen molar-refractivity contribution in [3.8, 4) is 0 Å². The van der Waals surface area contributed by atoms with E-state index in [0.717, 1.165) is 32.5 Å². The van der Waals surface area contributed by atoms with E-state index < -0.39 is 15.8 Å². The van der Waals surface area contributed by atoms with Crippen LogP contribution in [-0.4, -0.2) is 79.6 Å². The first kappa shape index (κ1) is 13.8. The molecule has 2 rings (SSSR count). The van der Waals surface area contributed by atoms with Gasteiger partial charge in [0.15, 0.2) is 9.84 Å². The maximum absolute atomic E-state index is 11.5. The second kappa shape index (κ2) is 5.54. The van der Waals surface area contributed by atoms with E-state index in [1.54, 1.807) is 0 Å². The van der Waals surface area contributed by atoms with Crippen molar-refractivity contribution < 1.29 is 18.3 Å². The third kappa shape index (κ3) is 3.66. The smallest absolute Gasteiger partial charge is 0.317 e. The van der Waals surface area contributed by atoms with Gasteiger partial charge in [-0.05, 0) is 19.4 Å². The Morgan fingerprint density at radius 3 is 2.61 bits per heavy atom. The predicted octanol–water partition coefficient (Wildman–Crippen LogP) is -0.734. The third-order valence-corrected chi connectivity index (χ3v) is 5.46. The Bertz CT molecular complexity index is 409. The van der Waals surface area contributed by atoms with Gasteiger partial charge in [0.2, 0.25) is 0 Å². The van der Waals surface area contributed by atoms with Crippen LogP contribution in [0.4, 0.5) is 0 Å². The number of carbonyl (C=O) groups is 1. The quantitative estimate of drug-likeness (QED) is 0.732. The SMILES string of the molecule is O=C(O)CN1CCCN(C2CCS(=O)(=O)C2)CC1. The lowest BCUT2D eigenvalue weighted by Crippen LogP contribution is -2.39. The van der Waals surface area contributed by atoms with Gasteiger partial charge in [-0.25, -0.2) is 8.42 Å². The molecule has 1 N–H and O–H groups in total. The maximum atomic E-state index is 11.5. The second-order valence-electron chi connectivity index (χ2n) is 5.12. The summed E-state index contributed by atoms with van der Waals surface area (Å²) in [6.07, 6.45) is 1.63. The highest BCUT2D eigenvalue weighted by atomic mass is 32.2. The number of hydrogen-bond donors (Lipinski definition) is 1. The van der Waals surface area contributed by atoms with Gasteiger partial charge in [0.1, 0.15) is 0 Å². The lowest BCUT2D eigenvalue weighted by Gasteiger charge is -2.26. The molecule has 1 unspecified atom stereocenters. The van der Waals surface area contributed by atoms with E-state index in [1.807, 2.05) is 4.90 Å². The van der Waals surface area contributed by atoms with Crippen LogP contribution in [0.15, 0.2) is 0 Å². The van der Waals surface area contributed by atoms with Gasteiger partial charge in [0, 0.05) is 25.7 Å². The minimum Gasteiger partial charge on any atom is -0.480 e. The lowest BCUT2D eigenvalue weighted by atomic mass is 10.2. The molecule has 18 heavy (non-hydrogen) atoms. The summed E-state index contributed by atoms with van der Waals surface area (Å²) in [4.78, 5) is 14.8. The number of rotatable bonds is 3. The Morgan fingerprint density at radius 1 is 1.22 bits per heavy atom. The highest BCUT2D eigenvalue weighted by Crippen LogP contribution is 2.19. The fourth-order valence-electron chi connectivity index (χ4n) is 2.77. The molecule has 0 radical (unpaired) electrons. The summed E-state index contributed by atoms with van der Waals surface area (Å²) < 4.78 is 22.9. The molecule has 0 aromatic rings. The number of aliphatic carboxylic acids is 1. The molecule has 0 spiro atoms. The van der Waals surface area contributed by atoms with Gasteiger partial charge in [0.25, 0.3) is 0 Å². The minimum absolute atomic E-state index is 0.0802. The maximum Gasteiger partial charge on any atom is 0.317 e. The van der Waals surface area contributed by atoms with E-state index in [4.69, 9.17) is 5.11 Å². The van der Waals surface area contributed by atoms with Crippen LogP contribution in [0.1, 0.15) is 12.8 Å². The average molecular weight is 276 g/mol. The summed E-state index contributed by atoms with van der Waals surface area (Å²) in [5.74, 6) is -0.231. The normalized spacial score (nSPS) is 30.1. The van der Waals surface area contributed by atoms with Gasteiger partial charge in [0.05, 0.1) is 18.1 Å². The first-order valence-electron chi connectivity index (χ1n) is 6.35. The molecule has 6 nitrogen and oxygen atoms in total. The number of nitrogens with zero attached hydrogens (tertiary/aromatic N) is 2. The van der Waals surface area contributed by atoms with E-state index >= 15 is 0 Å². The number of carboxylic acids is 1. The summed E-state index contributed by atoms with van der Waals surface area (Å²) in [5, 5.41) is 8.77. The van der Waals surface area contributed by atoms with Crippen LogP contribution in [-0.2, 0) is 14.6 Å². The molecule has 2 heterocycles. The summed E-state index contributed by atoms with van der Waals surface area (Å²) in [5.41, 5.74) is 0. The summed E-state index contributed by atoms with van der Waals surface area (Å²) in [7, 11) is -2.84. The Morgan fingerprint density at radius 2 is 2.00 bits per heavy atom. The lowest BCUT2D eigenvalue weighted by molar-refractivity contribution is -0.138. The molecule has 2 aliphatic heterocycles. The monoisotopic (exact) mass is 276 g/mol. The van der Waals surface area contributed by atoms with E-state index in [2.05, 4.69) is 4.90 Å². The van der Waals surface area contributed by atoms with E-state index in [0.29, 0.717) is 12.3 Å². The number of hydrogen-bond acceptors (Lipinski definition) is 5. The van der Waals surface area contributed by atoms with Crippen LogP contribution in [0.5, 0.6) is 0 Å². The second-order valence-corrected chi connectivity index (χ2v) is 7.34. The zero-order valence-corrected chi connectivity index (χ0v) is 11.2. The van der Waals surface area contributed by atoms with Crippen LogP contribution < -0.4 is 0 Å². The molecule has 0 bridgehead atoms. The van der Waals surface area contributed by atoms with Crippen molar-refractivity contribution in [2.75, 3.05) is 44.2 Å². The Labute approximate surface area is 107 Å². The van der Waals surface area contributed by atoms with E-state index in [1.165, 1.54) is 0 Å². The van der Waals surface area contributed by atoms with Crippen molar-refractivity contribution in [2.45, 2.75) is 18.9 Å². The summed E-state index contributed by atoms with van der Waals surface area (Å²) in [6, 6.07) is 0.139. The van der Waals surface area contributed by atoms with Crippen LogP contribution in [0.3, 0.4) is 0 Å². The van der Waals surface area contributed by atoms with Crippen molar-refractivity contribution in [1.29, 1.82) is 0 Å². The van der Waals surface area contributed by atoms with Crippen molar-refractivity contribution in [1.82, 2.24) is 9.80 Å². The molecule has 2 fully saturated rings. The van der Waals surface area contributed by atoms with Gasteiger partial charge >= 0.3 is 5.97 Å². The van der Waals surface area contributed by atoms with E-state index in [9.17, 15) is 13.2 Å². The molecule has 2 saturated heterocycles. The van der Waals surface area contributed by atoms with Crippen molar-refractivity contribution in [2.24, 2.45) is 0 Å². The van der Waals surface area contributed by atoms with Crippen LogP contribution in [0.25, 0.3) is 0 Å². The van der Waals surface area contributed by atoms with Gasteiger partial charge in [-0.3, -0.25) is 14.6 Å². The van der Waals surface area contributed by atoms with Crippen molar-refractivity contribution in [3.63, 3.8) is 0 Å². The fourth-order valence-corrected chi connectivity index (χ4v) is 4.53. The Kier molecular flexibility index (Phi) is 4.24. The molecular formula is C11H20N2O4S. The van der Waals surface area contributed by atoms with Gasteiger partial charge in [-0.1, -0.05) is 0 Å². The Hall–Kier alpha value is -0.660. The van der Waals surface area contributed by atoms with Crippen LogP contribution in [0.2, 0.25) is 0 Å². The van der Waals surface area contributed by atoms with E-state index in [-0.39, 0.29) is 18.3 Å². The topological polar surface area (TPSA) is 77.9 Å². The molecule has 0 saturated carbocycles. The van der Waals surface area contributed by atoms with Crippen LogP contribution >= 0.6 is 0 Å². The zero-order valence-electron chi connectivity index (χ0n) is 10.4. The largest absolute Gasteiger partial charge is 0.480 e. The van der Waals surface area contributed by atoms with Gasteiger partial charge in [-0.15, -0.1) is 0 Å². The third-order valence-electron chi connectivity index (χ3n) is 3.71. The molecule has 7 heteroatoms. The van der Waals surface area contributed by atoms with Gasteiger partial charge < -0.3 is 5.11 Å². The minimum atomic E-state index is -2.84. The molecule has 0 aromatic carbocycles. The van der Waals surface area contributed by atoms with Gasteiger partial charge in [-0.2, -0.15) is 0 Å². The average Bonchev–Trinajstić information content (AvgIpc) is 2.48. The Balaban J connectivity index is 1.87. The molecule has 104 valence electrons. The highest BCUT2D eigenvalue weighted by Gasteiger charge is 2.32. The van der Waals surface area contributed by atoms with Crippen molar-refractivity contribution >= 4 is 15.8 Å². The number of carboxylic acid groups (broad SMARTS) is 1. The predicted molar refractivity (Wildman–Crippen MR) is 67.3 cm³/mol. The summed E-state index contributed by atoms with van der Waals surface area (Å²) >= 11 is 0.